The summed E-state index contributed by atoms with van der Waals surface area (Å²) in [5.74, 6) is -1.91. The number of benzene rings is 1. The molecule has 0 radical (unpaired) electrons. The summed E-state index contributed by atoms with van der Waals surface area (Å²) in [5, 5.41) is 0. The molecule has 0 atom stereocenters. The average Bonchev–Trinajstić information content (AvgIpc) is 2.60. The van der Waals surface area contributed by atoms with E-state index in [0.717, 1.165) is 17.7 Å². The molecule has 3 aromatic rings. The molecule has 0 aliphatic carbocycles. The highest BCUT2D eigenvalue weighted by atomic mass is 32.2. The number of rotatable bonds is 5. The maximum Gasteiger partial charge on any atom is 0.241 e. The normalized spacial score (nSPS) is 11.4. The molecular formula is C17H13F2N3O2S. The molecule has 0 unspecified atom stereocenters. The van der Waals surface area contributed by atoms with E-state index in [2.05, 4.69) is 14.7 Å². The van der Waals surface area contributed by atoms with Crippen molar-refractivity contribution in [3.63, 3.8) is 0 Å². The van der Waals surface area contributed by atoms with E-state index in [0.29, 0.717) is 17.3 Å². The first-order chi connectivity index (χ1) is 11.9. The zero-order valence-electron chi connectivity index (χ0n) is 12.9. The van der Waals surface area contributed by atoms with Crippen molar-refractivity contribution in [1.82, 2.24) is 14.7 Å². The minimum Gasteiger partial charge on any atom is -0.264 e. The van der Waals surface area contributed by atoms with Crippen LogP contribution in [0.4, 0.5) is 8.78 Å². The SMILES string of the molecule is O=S(=O)(NCc1ccc(-c2cccnc2)nc1)c1cc(F)cc(F)c1. The van der Waals surface area contributed by atoms with E-state index in [1.54, 1.807) is 30.6 Å². The molecule has 2 aromatic heterocycles. The summed E-state index contributed by atoms with van der Waals surface area (Å²) in [6.07, 6.45) is 4.85. The Morgan fingerprint density at radius 2 is 1.76 bits per heavy atom. The van der Waals surface area contributed by atoms with Crippen LogP contribution in [0.25, 0.3) is 11.3 Å². The Morgan fingerprint density at radius 1 is 1.00 bits per heavy atom. The molecule has 0 saturated heterocycles. The van der Waals surface area contributed by atoms with E-state index in [9.17, 15) is 17.2 Å². The molecule has 0 aliphatic rings. The molecule has 0 bridgehead atoms. The van der Waals surface area contributed by atoms with Crippen LogP contribution in [0.2, 0.25) is 0 Å². The quantitative estimate of drug-likeness (QED) is 0.758. The molecule has 0 fully saturated rings. The van der Waals surface area contributed by atoms with Gasteiger partial charge in [0.2, 0.25) is 10.0 Å². The third kappa shape index (κ3) is 4.23. The third-order valence-corrected chi connectivity index (χ3v) is 4.78. The third-order valence-electron chi connectivity index (χ3n) is 3.39. The largest absolute Gasteiger partial charge is 0.264 e. The van der Waals surface area contributed by atoms with Gasteiger partial charge in [0.05, 0.1) is 10.6 Å². The van der Waals surface area contributed by atoms with Crippen LogP contribution >= 0.6 is 0 Å². The zero-order chi connectivity index (χ0) is 17.9. The van der Waals surface area contributed by atoms with Gasteiger partial charge in [-0.25, -0.2) is 21.9 Å². The summed E-state index contributed by atoms with van der Waals surface area (Å²) in [7, 11) is -4.03. The molecule has 2 heterocycles. The van der Waals surface area contributed by atoms with E-state index >= 15 is 0 Å². The number of nitrogens with zero attached hydrogens (tertiary/aromatic N) is 2. The molecule has 8 heteroatoms. The second-order valence-electron chi connectivity index (χ2n) is 5.22. The van der Waals surface area contributed by atoms with Gasteiger partial charge in [-0.3, -0.25) is 9.97 Å². The maximum absolute atomic E-state index is 13.2. The molecule has 128 valence electrons. The van der Waals surface area contributed by atoms with Crippen molar-refractivity contribution in [2.45, 2.75) is 11.4 Å². The van der Waals surface area contributed by atoms with Crippen molar-refractivity contribution in [1.29, 1.82) is 0 Å². The van der Waals surface area contributed by atoms with Crippen molar-refractivity contribution in [2.75, 3.05) is 0 Å². The van der Waals surface area contributed by atoms with Gasteiger partial charge in [0.15, 0.2) is 0 Å². The first-order valence-electron chi connectivity index (χ1n) is 7.25. The Kier molecular flexibility index (Phi) is 4.82. The minimum absolute atomic E-state index is 0.0548. The Hall–Kier alpha value is -2.71. The maximum atomic E-state index is 13.2. The van der Waals surface area contributed by atoms with E-state index in [4.69, 9.17) is 0 Å². The lowest BCUT2D eigenvalue weighted by molar-refractivity contribution is 0.561. The van der Waals surface area contributed by atoms with Crippen LogP contribution in [-0.4, -0.2) is 18.4 Å². The molecule has 1 N–H and O–H groups in total. The highest BCUT2D eigenvalue weighted by Gasteiger charge is 2.16. The fraction of sp³-hybridized carbons (Fsp3) is 0.0588. The highest BCUT2D eigenvalue weighted by Crippen LogP contribution is 2.16. The Morgan fingerprint density at radius 3 is 2.36 bits per heavy atom. The van der Waals surface area contributed by atoms with Crippen molar-refractivity contribution in [2.24, 2.45) is 0 Å². The number of hydrogen-bond donors (Lipinski definition) is 1. The summed E-state index contributed by atoms with van der Waals surface area (Å²) in [5.41, 5.74) is 2.14. The number of halogens is 2. The summed E-state index contributed by atoms with van der Waals surface area (Å²) < 4.78 is 52.9. The molecule has 0 aliphatic heterocycles. The van der Waals surface area contributed by atoms with Crippen LogP contribution in [-0.2, 0) is 16.6 Å². The van der Waals surface area contributed by atoms with Gasteiger partial charge in [-0.1, -0.05) is 6.07 Å². The zero-order valence-corrected chi connectivity index (χ0v) is 13.7. The van der Waals surface area contributed by atoms with Gasteiger partial charge in [0.25, 0.3) is 0 Å². The molecule has 0 spiro atoms. The lowest BCUT2D eigenvalue weighted by Crippen LogP contribution is -2.23. The molecule has 0 saturated carbocycles. The number of nitrogens with one attached hydrogen (secondary N) is 1. The van der Waals surface area contributed by atoms with Gasteiger partial charge in [-0.15, -0.1) is 0 Å². The average molecular weight is 361 g/mol. The fourth-order valence-corrected chi connectivity index (χ4v) is 3.22. The van der Waals surface area contributed by atoms with Gasteiger partial charge in [-0.2, -0.15) is 0 Å². The predicted molar refractivity (Wildman–Crippen MR) is 87.9 cm³/mol. The van der Waals surface area contributed by atoms with Crippen LogP contribution in [0.5, 0.6) is 0 Å². The molecule has 25 heavy (non-hydrogen) atoms. The monoisotopic (exact) mass is 361 g/mol. The van der Waals surface area contributed by atoms with Crippen molar-refractivity contribution < 1.29 is 17.2 Å². The second kappa shape index (κ2) is 7.04. The molecule has 1 aromatic carbocycles. The summed E-state index contributed by atoms with van der Waals surface area (Å²) in [6, 6.07) is 9.23. The van der Waals surface area contributed by atoms with Gasteiger partial charge >= 0.3 is 0 Å². The Balaban J connectivity index is 1.72. The predicted octanol–water partition coefficient (Wildman–Crippen LogP) is 2.90. The Bertz CT molecular complexity index is 958. The summed E-state index contributed by atoms with van der Waals surface area (Å²) in [4.78, 5) is 7.80. The lowest BCUT2D eigenvalue weighted by Gasteiger charge is -2.08. The summed E-state index contributed by atoms with van der Waals surface area (Å²) in [6.45, 7) is -0.0548. The van der Waals surface area contributed by atoms with Crippen LogP contribution < -0.4 is 4.72 Å². The van der Waals surface area contributed by atoms with Crippen molar-refractivity contribution in [3.8, 4) is 11.3 Å². The standard InChI is InChI=1S/C17H13F2N3O2S/c18-14-6-15(19)8-16(7-14)25(23,24)22-10-12-3-4-17(21-9-12)13-2-1-5-20-11-13/h1-9,11,22H,10H2. The number of sulfonamides is 1. The smallest absolute Gasteiger partial charge is 0.241 e. The van der Waals surface area contributed by atoms with Gasteiger partial charge in [-0.05, 0) is 35.9 Å². The van der Waals surface area contributed by atoms with Gasteiger partial charge in [0, 0.05) is 36.8 Å². The number of pyridine rings is 2. The minimum atomic E-state index is -4.03. The van der Waals surface area contributed by atoms with E-state index in [-0.39, 0.29) is 6.54 Å². The van der Waals surface area contributed by atoms with Crippen molar-refractivity contribution >= 4 is 10.0 Å². The highest BCUT2D eigenvalue weighted by molar-refractivity contribution is 7.89. The van der Waals surface area contributed by atoms with E-state index < -0.39 is 26.6 Å². The first-order valence-corrected chi connectivity index (χ1v) is 8.73. The van der Waals surface area contributed by atoms with Gasteiger partial charge in [0.1, 0.15) is 11.6 Å². The fourth-order valence-electron chi connectivity index (χ4n) is 2.16. The first kappa shape index (κ1) is 17.1. The molecule has 5 nitrogen and oxygen atoms in total. The van der Waals surface area contributed by atoms with Crippen LogP contribution in [0.15, 0.2) is 66.0 Å². The number of aromatic nitrogens is 2. The summed E-state index contributed by atoms with van der Waals surface area (Å²) >= 11 is 0. The van der Waals surface area contributed by atoms with E-state index in [1.165, 1.54) is 6.20 Å². The second-order valence-corrected chi connectivity index (χ2v) is 6.99. The van der Waals surface area contributed by atoms with Crippen LogP contribution in [0.1, 0.15) is 5.56 Å². The molecular weight excluding hydrogens is 348 g/mol. The Labute approximate surface area is 143 Å². The topological polar surface area (TPSA) is 72.0 Å². The van der Waals surface area contributed by atoms with E-state index in [1.807, 2.05) is 6.07 Å². The molecule has 3 rings (SSSR count). The lowest BCUT2D eigenvalue weighted by atomic mass is 10.1. The van der Waals surface area contributed by atoms with Crippen LogP contribution in [0.3, 0.4) is 0 Å². The van der Waals surface area contributed by atoms with Crippen LogP contribution in [0, 0.1) is 11.6 Å². The van der Waals surface area contributed by atoms with Crippen molar-refractivity contribution in [3.05, 3.63) is 78.3 Å². The molecule has 0 amide bonds. The van der Waals surface area contributed by atoms with Gasteiger partial charge < -0.3 is 0 Å². The number of hydrogen-bond acceptors (Lipinski definition) is 4.